The first-order chi connectivity index (χ1) is 40.1. The molecule has 9 aliphatic rings. The van der Waals surface area contributed by atoms with Gasteiger partial charge in [-0.1, -0.05) is 126 Å². The van der Waals surface area contributed by atoms with E-state index in [-0.39, 0.29) is 46.1 Å². The number of rotatable bonds is 13. The number of hydrogen-bond donors (Lipinski definition) is 4. The van der Waals surface area contributed by atoms with Crippen LogP contribution in [-0.4, -0.2) is 47.4 Å². The number of aliphatic hydroxyl groups is 1. The van der Waals surface area contributed by atoms with Crippen molar-refractivity contribution in [2.24, 2.45) is 62.2 Å². The number of esters is 2. The lowest BCUT2D eigenvalue weighted by Gasteiger charge is -2.57. The molecule has 10 heteroatoms. The molecule has 7 aliphatic carbocycles. The van der Waals surface area contributed by atoms with Crippen LogP contribution in [0.25, 0.3) is 32.7 Å². The fourth-order valence-corrected chi connectivity index (χ4v) is 18.7. The fraction of sp³-hybridized carbons (Fsp3) is 0.541. The second-order valence-corrected chi connectivity index (χ2v) is 29.2. The molecule has 442 valence electrons. The van der Waals surface area contributed by atoms with Gasteiger partial charge in [0.15, 0.2) is 0 Å². The van der Waals surface area contributed by atoms with Crippen LogP contribution < -0.4 is 26.5 Å². The van der Waals surface area contributed by atoms with Gasteiger partial charge in [-0.05, 0) is 221 Å². The molecule has 0 aromatic heterocycles. The summed E-state index contributed by atoms with van der Waals surface area (Å²) in [5.41, 5.74) is 8.22. The molecule has 2 aliphatic heterocycles. The van der Waals surface area contributed by atoms with Gasteiger partial charge in [-0.25, -0.2) is 0 Å². The number of benzene rings is 4. The molecule has 10 atom stereocenters. The van der Waals surface area contributed by atoms with Crippen molar-refractivity contribution in [2.45, 2.75) is 183 Å². The first-order valence-electron chi connectivity index (χ1n) is 32.3. The van der Waals surface area contributed by atoms with Crippen molar-refractivity contribution in [2.75, 3.05) is 29.2 Å². The van der Waals surface area contributed by atoms with Gasteiger partial charge in [0, 0.05) is 27.8 Å². The molecule has 2 fully saturated rings. The number of carbonyl (C=O) groups excluding carboxylic acids is 3. The SMILES string of the molecule is CC(C)C1=CC2=CCC3C(C)(C(=O)OCCCC4(C)N=c5cc/c(=C6/C(=O)C(c7ccc8c9c(cccc79)NC(C)(CCCOC(=O)C7(C)CCCC9(C)C%10CCC(C(C)C)=CC%10=CCC79)N8)=C6O)c6cccc(c56)N4)CCCC3(C)C2CC1. The Bertz CT molecular complexity index is 3740. The molecule has 13 rings (SSSR count). The molecule has 2 saturated carbocycles. The summed E-state index contributed by atoms with van der Waals surface area (Å²) in [5, 5.41) is 28.3. The predicted molar refractivity (Wildman–Crippen MR) is 339 cm³/mol. The molecule has 4 N–H and O–H groups in total. The molecule has 2 heterocycles. The number of ketones is 1. The maximum absolute atomic E-state index is 14.5. The van der Waals surface area contributed by atoms with Gasteiger partial charge >= 0.3 is 11.9 Å². The smallest absolute Gasteiger partial charge is 0.312 e. The Balaban J connectivity index is 0.668. The van der Waals surface area contributed by atoms with E-state index in [1.807, 2.05) is 48.5 Å². The Morgan fingerprint density at radius 3 is 1.73 bits per heavy atom. The maximum atomic E-state index is 14.5. The van der Waals surface area contributed by atoms with Crippen molar-refractivity contribution in [1.29, 1.82) is 0 Å². The maximum Gasteiger partial charge on any atom is 0.312 e. The van der Waals surface area contributed by atoms with E-state index in [0.717, 1.165) is 108 Å². The van der Waals surface area contributed by atoms with Crippen molar-refractivity contribution in [3.05, 3.63) is 129 Å². The van der Waals surface area contributed by atoms with Crippen molar-refractivity contribution in [3.8, 4) is 0 Å². The normalized spacial score (nSPS) is 33.5. The van der Waals surface area contributed by atoms with E-state index in [1.54, 1.807) is 11.1 Å². The summed E-state index contributed by atoms with van der Waals surface area (Å²) in [5.74, 6) is 2.37. The van der Waals surface area contributed by atoms with E-state index in [4.69, 9.17) is 14.5 Å². The van der Waals surface area contributed by atoms with E-state index in [2.05, 4.69) is 122 Å². The van der Waals surface area contributed by atoms with Crippen LogP contribution >= 0.6 is 0 Å². The van der Waals surface area contributed by atoms with Gasteiger partial charge in [-0.15, -0.1) is 0 Å². The van der Waals surface area contributed by atoms with Crippen LogP contribution in [0.4, 0.5) is 17.1 Å². The fourth-order valence-electron chi connectivity index (χ4n) is 18.7. The molecule has 10 nitrogen and oxygen atoms in total. The van der Waals surface area contributed by atoms with Crippen LogP contribution in [0.2, 0.25) is 0 Å². The Morgan fingerprint density at radius 1 is 0.631 bits per heavy atom. The molecule has 0 spiro atoms. The number of nitrogens with zero attached hydrogens (tertiary/aromatic N) is 1. The Hall–Kier alpha value is -6.42. The lowest BCUT2D eigenvalue weighted by atomic mass is 9.47. The van der Waals surface area contributed by atoms with Crippen molar-refractivity contribution in [1.82, 2.24) is 0 Å². The van der Waals surface area contributed by atoms with Gasteiger partial charge in [0.2, 0.25) is 5.78 Å². The Labute approximate surface area is 497 Å². The first-order valence-corrected chi connectivity index (χ1v) is 32.3. The van der Waals surface area contributed by atoms with Crippen LogP contribution in [0, 0.1) is 57.2 Å². The molecule has 10 unspecified atom stereocenters. The third-order valence-electron chi connectivity index (χ3n) is 23.3. The van der Waals surface area contributed by atoms with Crippen LogP contribution in [0.1, 0.15) is 178 Å². The highest BCUT2D eigenvalue weighted by Gasteiger charge is 2.59. The molecule has 4 aromatic rings. The molecule has 0 saturated heterocycles. The second kappa shape index (κ2) is 20.6. The monoisotopic (exact) mass is 1130 g/mol. The molecular weight excluding hydrogens is 1040 g/mol. The summed E-state index contributed by atoms with van der Waals surface area (Å²) in [7, 11) is 0. The largest absolute Gasteiger partial charge is 0.506 e. The van der Waals surface area contributed by atoms with Crippen molar-refractivity contribution in [3.63, 3.8) is 0 Å². The van der Waals surface area contributed by atoms with Gasteiger partial charge < -0.3 is 30.5 Å². The summed E-state index contributed by atoms with van der Waals surface area (Å²) in [6.45, 7) is 23.4. The zero-order valence-electron chi connectivity index (χ0n) is 51.7. The third-order valence-corrected chi connectivity index (χ3v) is 23.3. The average molecular weight is 1130 g/mol. The number of aliphatic hydroxyl groups excluding tert-OH is 1. The minimum absolute atomic E-state index is 0.0109. The number of nitrogens with one attached hydrogen (secondary N) is 3. The molecule has 0 radical (unpaired) electrons. The molecule has 0 amide bonds. The highest BCUT2D eigenvalue weighted by atomic mass is 16.5. The van der Waals surface area contributed by atoms with E-state index in [1.165, 1.54) is 24.0 Å². The molecular formula is C74H90N4O6. The second-order valence-electron chi connectivity index (χ2n) is 29.2. The molecule has 4 aromatic carbocycles. The number of anilines is 3. The van der Waals surface area contributed by atoms with Crippen molar-refractivity contribution < 1.29 is 29.0 Å². The highest BCUT2D eigenvalue weighted by Crippen LogP contribution is 2.64. The first kappa shape index (κ1) is 56.7. The van der Waals surface area contributed by atoms with Gasteiger partial charge in [-0.2, -0.15) is 0 Å². The van der Waals surface area contributed by atoms with E-state index < -0.39 is 22.2 Å². The average Bonchev–Trinajstić information content (AvgIpc) is 1.13. The van der Waals surface area contributed by atoms with Gasteiger partial charge in [0.1, 0.15) is 17.1 Å². The summed E-state index contributed by atoms with van der Waals surface area (Å²) in [4.78, 5) is 48.3. The lowest BCUT2D eigenvalue weighted by Crippen LogP contribution is -2.53. The number of allylic oxidation sites excluding steroid dienone is 10. The minimum atomic E-state index is -0.644. The standard InChI is InChI=1S/C74H90N4O6/c1-43(2)45-21-27-53-47(41-45)23-31-59-69(53,5)33-13-35-71(59,7)67(81)83-39-15-37-73(9)75-55-19-11-17-49-51(25-29-57(77-73)61(49)55)63-65(79)64(66(63)80)52-26-30-58-62-50(52)18-12-20-56(62)76-74(10,78-58)38-16-40-84-68(82)72(8)36-14-34-70(6)54-28-22-46(44(3)4)42-48(54)24-32-60(70)72/h11-12,17-20,23-26,29-30,41-44,53-54,59-60,75-77,79H,13-16,21-22,27-28,31-40H2,1-10H3/b64-52-. The topological polar surface area (TPSA) is 138 Å². The quantitative estimate of drug-likeness (QED) is 0.0761. The number of fused-ring (bicyclic) bond motifs is 6. The highest BCUT2D eigenvalue weighted by molar-refractivity contribution is 6.53. The van der Waals surface area contributed by atoms with Crippen LogP contribution in [0.5, 0.6) is 0 Å². The number of hydrogen-bond acceptors (Lipinski definition) is 10. The number of Topliss-reactive ketones (excluding diaryl/α,β-unsaturated/α-hetero) is 1. The summed E-state index contributed by atoms with van der Waals surface area (Å²) < 4.78 is 12.5. The Kier molecular flexibility index (Phi) is 13.9. The van der Waals surface area contributed by atoms with Crippen LogP contribution in [0.15, 0.2) is 118 Å². The summed E-state index contributed by atoms with van der Waals surface area (Å²) in [6.07, 6.45) is 25.2. The predicted octanol–water partition coefficient (Wildman–Crippen LogP) is 15.9. The molecule has 84 heavy (non-hydrogen) atoms. The van der Waals surface area contributed by atoms with Gasteiger partial charge in [0.25, 0.3) is 0 Å². The number of carbonyl (C=O) groups is 3. The van der Waals surface area contributed by atoms with Gasteiger partial charge in [0.05, 0.1) is 40.5 Å². The van der Waals surface area contributed by atoms with E-state index in [0.29, 0.717) is 84.5 Å². The van der Waals surface area contributed by atoms with Crippen molar-refractivity contribution >= 4 is 67.5 Å². The molecule has 0 bridgehead atoms. The zero-order valence-corrected chi connectivity index (χ0v) is 51.7. The minimum Gasteiger partial charge on any atom is -0.506 e. The third kappa shape index (κ3) is 9.05. The lowest BCUT2D eigenvalue weighted by molar-refractivity contribution is -0.170. The number of ether oxygens (including phenoxy) is 2. The Morgan fingerprint density at radius 2 is 1.17 bits per heavy atom. The zero-order chi connectivity index (χ0) is 58.9. The van der Waals surface area contributed by atoms with Crippen LogP contribution in [0.3, 0.4) is 0 Å². The van der Waals surface area contributed by atoms with Gasteiger partial charge in [-0.3, -0.25) is 19.4 Å². The van der Waals surface area contributed by atoms with E-state index in [9.17, 15) is 19.5 Å². The van der Waals surface area contributed by atoms with Crippen LogP contribution in [-0.2, 0) is 23.9 Å². The van der Waals surface area contributed by atoms with E-state index >= 15 is 0 Å². The summed E-state index contributed by atoms with van der Waals surface area (Å²) in [6, 6.07) is 20.0. The summed E-state index contributed by atoms with van der Waals surface area (Å²) >= 11 is 0.